The van der Waals surface area contributed by atoms with Crippen LogP contribution >= 0.6 is 15.9 Å². The molecule has 2 rings (SSSR count). The Hall–Kier alpha value is -1.41. The third kappa shape index (κ3) is 2.39. The lowest BCUT2D eigenvalue weighted by Crippen LogP contribution is -2.06. The summed E-state index contributed by atoms with van der Waals surface area (Å²) in [6.45, 7) is 5.93. The average molecular weight is 303 g/mol. The number of aryl methyl sites for hydroxylation is 3. The lowest BCUT2D eigenvalue weighted by Gasteiger charge is -2.10. The first kappa shape index (κ1) is 13.0. The Bertz CT molecular complexity index is 614. The van der Waals surface area contributed by atoms with Gasteiger partial charge in [-0.25, -0.2) is 0 Å². The Kier molecular flexibility index (Phi) is 3.67. The van der Waals surface area contributed by atoms with E-state index in [4.69, 9.17) is 0 Å². The summed E-state index contributed by atoms with van der Waals surface area (Å²) in [5.41, 5.74) is 4.66. The van der Waals surface area contributed by atoms with Gasteiger partial charge in [-0.15, -0.1) is 0 Å². The second-order valence-corrected chi connectivity index (χ2v) is 5.41. The van der Waals surface area contributed by atoms with Crippen LogP contribution in [0.25, 0.3) is 0 Å². The van der Waals surface area contributed by atoms with E-state index < -0.39 is 0 Å². The third-order valence-corrected chi connectivity index (χ3v) is 3.99. The zero-order chi connectivity index (χ0) is 13.3. The molecule has 0 unspecified atom stereocenters. The zero-order valence-electron chi connectivity index (χ0n) is 10.8. The summed E-state index contributed by atoms with van der Waals surface area (Å²) in [5, 5.41) is 0. The van der Waals surface area contributed by atoms with Gasteiger partial charge in [-0.05, 0) is 49.6 Å². The highest BCUT2D eigenvalue weighted by Crippen LogP contribution is 2.23. The van der Waals surface area contributed by atoms with Gasteiger partial charge in [0.1, 0.15) is 0 Å². The van der Waals surface area contributed by atoms with Crippen molar-refractivity contribution < 1.29 is 4.79 Å². The van der Waals surface area contributed by atoms with Crippen LogP contribution in [-0.4, -0.2) is 5.78 Å². The Morgan fingerprint density at radius 2 is 1.56 bits per heavy atom. The number of halogens is 1. The van der Waals surface area contributed by atoms with Crippen LogP contribution in [0.5, 0.6) is 0 Å². The first-order valence-corrected chi connectivity index (χ1v) is 6.67. The van der Waals surface area contributed by atoms with E-state index in [1.165, 1.54) is 0 Å². The molecule has 0 atom stereocenters. The molecule has 0 N–H and O–H groups in total. The molecular formula is C16H15BrO. The molecule has 0 amide bonds. The zero-order valence-corrected chi connectivity index (χ0v) is 12.3. The van der Waals surface area contributed by atoms with E-state index in [0.717, 1.165) is 32.3 Å². The van der Waals surface area contributed by atoms with Crippen LogP contribution in [0.2, 0.25) is 0 Å². The summed E-state index contributed by atoms with van der Waals surface area (Å²) in [7, 11) is 0. The average Bonchev–Trinajstić information content (AvgIpc) is 2.33. The van der Waals surface area contributed by atoms with Crippen LogP contribution < -0.4 is 0 Å². The number of carbonyl (C=O) groups excluding carboxylic acids is 1. The Labute approximate surface area is 116 Å². The molecule has 0 radical (unpaired) electrons. The number of rotatable bonds is 2. The van der Waals surface area contributed by atoms with Gasteiger partial charge < -0.3 is 0 Å². The SMILES string of the molecule is Cc1cc(C(=O)c2ccccc2C)c(C)cc1Br. The third-order valence-electron chi connectivity index (χ3n) is 3.14. The molecule has 0 heterocycles. The fraction of sp³-hybridized carbons (Fsp3) is 0.188. The molecule has 2 heteroatoms. The maximum absolute atomic E-state index is 12.5. The molecule has 0 saturated carbocycles. The summed E-state index contributed by atoms with van der Waals surface area (Å²) >= 11 is 3.49. The van der Waals surface area contributed by atoms with Crippen LogP contribution in [-0.2, 0) is 0 Å². The maximum atomic E-state index is 12.5. The molecule has 92 valence electrons. The van der Waals surface area contributed by atoms with Gasteiger partial charge in [-0.3, -0.25) is 4.79 Å². The van der Waals surface area contributed by atoms with Crippen molar-refractivity contribution in [3.8, 4) is 0 Å². The molecule has 0 aliphatic carbocycles. The van der Waals surface area contributed by atoms with Crippen LogP contribution in [0.1, 0.15) is 32.6 Å². The molecule has 1 nitrogen and oxygen atoms in total. The minimum absolute atomic E-state index is 0.0983. The summed E-state index contributed by atoms with van der Waals surface area (Å²) in [4.78, 5) is 12.5. The van der Waals surface area contributed by atoms with Crippen molar-refractivity contribution in [2.75, 3.05) is 0 Å². The number of hydrogen-bond donors (Lipinski definition) is 0. The molecule has 2 aromatic rings. The first-order valence-electron chi connectivity index (χ1n) is 5.88. The van der Waals surface area contributed by atoms with E-state index in [9.17, 15) is 4.79 Å². The highest BCUT2D eigenvalue weighted by Gasteiger charge is 2.14. The Balaban J connectivity index is 2.53. The van der Waals surface area contributed by atoms with E-state index in [-0.39, 0.29) is 5.78 Å². The molecule has 18 heavy (non-hydrogen) atoms. The van der Waals surface area contributed by atoms with Gasteiger partial charge in [-0.1, -0.05) is 40.2 Å². The van der Waals surface area contributed by atoms with Gasteiger partial charge in [0, 0.05) is 15.6 Å². The summed E-state index contributed by atoms with van der Waals surface area (Å²) in [6, 6.07) is 11.7. The summed E-state index contributed by atoms with van der Waals surface area (Å²) < 4.78 is 1.04. The fourth-order valence-corrected chi connectivity index (χ4v) is 2.46. The molecule has 0 aromatic heterocycles. The quantitative estimate of drug-likeness (QED) is 0.741. The van der Waals surface area contributed by atoms with Crippen molar-refractivity contribution in [3.63, 3.8) is 0 Å². The van der Waals surface area contributed by atoms with Crippen LogP contribution in [0, 0.1) is 20.8 Å². The minimum atomic E-state index is 0.0983. The Morgan fingerprint density at radius 1 is 0.889 bits per heavy atom. The van der Waals surface area contributed by atoms with Gasteiger partial charge in [0.2, 0.25) is 0 Å². The summed E-state index contributed by atoms with van der Waals surface area (Å²) in [6.07, 6.45) is 0. The van der Waals surface area contributed by atoms with Crippen molar-refractivity contribution >= 4 is 21.7 Å². The highest BCUT2D eigenvalue weighted by atomic mass is 79.9. The predicted molar refractivity (Wildman–Crippen MR) is 78.2 cm³/mol. The van der Waals surface area contributed by atoms with Gasteiger partial charge in [0.05, 0.1) is 0 Å². The monoisotopic (exact) mass is 302 g/mol. The molecule has 0 spiro atoms. The van der Waals surface area contributed by atoms with Gasteiger partial charge in [0.15, 0.2) is 5.78 Å². The smallest absolute Gasteiger partial charge is 0.193 e. The number of benzene rings is 2. The van der Waals surface area contributed by atoms with Gasteiger partial charge in [-0.2, -0.15) is 0 Å². The first-order chi connectivity index (χ1) is 8.50. The molecule has 0 fully saturated rings. The lowest BCUT2D eigenvalue weighted by atomic mass is 9.95. The van der Waals surface area contributed by atoms with Crippen molar-refractivity contribution in [2.45, 2.75) is 20.8 Å². The van der Waals surface area contributed by atoms with E-state index >= 15 is 0 Å². The van der Waals surface area contributed by atoms with Crippen LogP contribution in [0.15, 0.2) is 40.9 Å². The second-order valence-electron chi connectivity index (χ2n) is 4.56. The number of ketones is 1. The van der Waals surface area contributed by atoms with Crippen molar-refractivity contribution in [1.29, 1.82) is 0 Å². The van der Waals surface area contributed by atoms with Gasteiger partial charge in [0.25, 0.3) is 0 Å². The lowest BCUT2D eigenvalue weighted by molar-refractivity contribution is 0.103. The van der Waals surface area contributed by atoms with Crippen molar-refractivity contribution in [2.24, 2.45) is 0 Å². The summed E-state index contributed by atoms with van der Waals surface area (Å²) in [5.74, 6) is 0.0983. The van der Waals surface area contributed by atoms with E-state index in [1.807, 2.05) is 57.2 Å². The van der Waals surface area contributed by atoms with E-state index in [2.05, 4.69) is 15.9 Å². The maximum Gasteiger partial charge on any atom is 0.193 e. The predicted octanol–water partition coefficient (Wildman–Crippen LogP) is 4.61. The minimum Gasteiger partial charge on any atom is -0.289 e. The standard InChI is InChI=1S/C16H15BrO/c1-10-6-4-5-7-13(10)16(18)14-8-12(3)15(17)9-11(14)2/h4-9H,1-3H3. The van der Waals surface area contributed by atoms with E-state index in [1.54, 1.807) is 0 Å². The molecule has 2 aromatic carbocycles. The van der Waals surface area contributed by atoms with Crippen LogP contribution in [0.4, 0.5) is 0 Å². The van der Waals surface area contributed by atoms with Crippen molar-refractivity contribution in [3.05, 3.63) is 68.7 Å². The normalized spacial score (nSPS) is 10.4. The highest BCUT2D eigenvalue weighted by molar-refractivity contribution is 9.10. The Morgan fingerprint density at radius 3 is 2.22 bits per heavy atom. The molecular weight excluding hydrogens is 288 g/mol. The molecule has 0 bridgehead atoms. The van der Waals surface area contributed by atoms with Crippen LogP contribution in [0.3, 0.4) is 0 Å². The molecule has 0 aliphatic rings. The second kappa shape index (κ2) is 5.07. The topological polar surface area (TPSA) is 17.1 Å². The fourth-order valence-electron chi connectivity index (χ4n) is 2.00. The molecule has 0 saturated heterocycles. The largest absolute Gasteiger partial charge is 0.289 e. The van der Waals surface area contributed by atoms with Crippen molar-refractivity contribution in [1.82, 2.24) is 0 Å². The van der Waals surface area contributed by atoms with Gasteiger partial charge >= 0.3 is 0 Å². The number of carbonyl (C=O) groups is 1. The number of hydrogen-bond acceptors (Lipinski definition) is 1. The van der Waals surface area contributed by atoms with E-state index in [0.29, 0.717) is 0 Å². The molecule has 0 aliphatic heterocycles.